The molecule has 2 aliphatic rings. The monoisotopic (exact) mass is 323 g/mol. The summed E-state index contributed by atoms with van der Waals surface area (Å²) >= 11 is 1.89. The highest BCUT2D eigenvalue weighted by Crippen LogP contribution is 2.34. The summed E-state index contributed by atoms with van der Waals surface area (Å²) in [5.74, 6) is 2.14. The predicted octanol–water partition coefficient (Wildman–Crippen LogP) is 3.19. The molecule has 1 saturated carbocycles. The fourth-order valence-electron chi connectivity index (χ4n) is 2.98. The van der Waals surface area contributed by atoms with Crippen molar-refractivity contribution in [2.45, 2.75) is 46.0 Å². The third-order valence-electron chi connectivity index (χ3n) is 4.02. The molecular formula is C17H25NO3S. The van der Waals surface area contributed by atoms with Gasteiger partial charge in [-0.15, -0.1) is 0 Å². The lowest BCUT2D eigenvalue weighted by molar-refractivity contribution is -0.125. The van der Waals surface area contributed by atoms with Crippen molar-refractivity contribution in [3.8, 4) is 0 Å². The maximum absolute atomic E-state index is 12.5. The van der Waals surface area contributed by atoms with Gasteiger partial charge in [0.05, 0.1) is 17.9 Å². The molecule has 1 aliphatic heterocycles. The van der Waals surface area contributed by atoms with Crippen molar-refractivity contribution in [2.75, 3.05) is 18.1 Å². The number of hydroxylamine groups is 1. The molecule has 1 N–H and O–H groups in total. The topological polar surface area (TPSA) is 55.4 Å². The van der Waals surface area contributed by atoms with Gasteiger partial charge in [0.15, 0.2) is 11.6 Å². The number of ketones is 2. The van der Waals surface area contributed by atoms with E-state index in [1.807, 2.05) is 25.6 Å². The Kier molecular flexibility index (Phi) is 6.70. The lowest BCUT2D eigenvalue weighted by Crippen LogP contribution is -2.32. The Morgan fingerprint density at radius 3 is 2.59 bits per heavy atom. The Bertz CT molecular complexity index is 476. The minimum absolute atomic E-state index is 0.0339. The Labute approximate surface area is 136 Å². The van der Waals surface area contributed by atoms with Crippen LogP contribution in [-0.4, -0.2) is 29.7 Å². The Balaban J connectivity index is 2.16. The van der Waals surface area contributed by atoms with E-state index in [4.69, 9.17) is 4.84 Å². The molecule has 0 aromatic rings. The number of carbonyl (C=O) groups is 2. The highest BCUT2D eigenvalue weighted by molar-refractivity contribution is 7.99. The Morgan fingerprint density at radius 2 is 2.05 bits per heavy atom. The first-order valence-electron chi connectivity index (χ1n) is 8.11. The van der Waals surface area contributed by atoms with Gasteiger partial charge >= 0.3 is 0 Å². The molecule has 4 nitrogen and oxygen atoms in total. The van der Waals surface area contributed by atoms with Crippen molar-refractivity contribution in [1.29, 1.82) is 0 Å². The van der Waals surface area contributed by atoms with E-state index in [-0.39, 0.29) is 17.5 Å². The molecule has 1 aliphatic carbocycles. The van der Waals surface area contributed by atoms with Crippen LogP contribution in [0.25, 0.3) is 0 Å². The number of Topliss-reactive ketones (excluding diaryl/α,β-unsaturated/α-hetero) is 2. The van der Waals surface area contributed by atoms with Crippen LogP contribution in [0.4, 0.5) is 0 Å². The van der Waals surface area contributed by atoms with Crippen LogP contribution >= 0.6 is 11.8 Å². The SMILES string of the molecule is CCCC(NOCC)=C1C(=O)CC(C2=CCCSC2)CC1=O. The van der Waals surface area contributed by atoms with E-state index >= 15 is 0 Å². The summed E-state index contributed by atoms with van der Waals surface area (Å²) in [5, 5.41) is 0. The van der Waals surface area contributed by atoms with Gasteiger partial charge in [-0.05, 0) is 31.4 Å². The lowest BCUT2D eigenvalue weighted by atomic mass is 9.79. The van der Waals surface area contributed by atoms with Crippen molar-refractivity contribution in [2.24, 2.45) is 5.92 Å². The molecule has 0 bridgehead atoms. The predicted molar refractivity (Wildman–Crippen MR) is 89.5 cm³/mol. The summed E-state index contributed by atoms with van der Waals surface area (Å²) in [6.45, 7) is 4.39. The molecule has 0 aromatic heterocycles. The van der Waals surface area contributed by atoms with Gasteiger partial charge in [0, 0.05) is 18.6 Å². The maximum Gasteiger partial charge on any atom is 0.168 e. The molecular weight excluding hydrogens is 298 g/mol. The van der Waals surface area contributed by atoms with Gasteiger partial charge in [-0.25, -0.2) is 0 Å². The van der Waals surface area contributed by atoms with Crippen LogP contribution in [-0.2, 0) is 14.4 Å². The summed E-state index contributed by atoms with van der Waals surface area (Å²) in [6, 6.07) is 0. The molecule has 0 unspecified atom stereocenters. The van der Waals surface area contributed by atoms with Crippen molar-refractivity contribution in [1.82, 2.24) is 5.48 Å². The molecule has 1 fully saturated rings. The first-order valence-corrected chi connectivity index (χ1v) is 9.26. The molecule has 0 radical (unpaired) electrons. The van der Waals surface area contributed by atoms with Crippen LogP contribution < -0.4 is 5.48 Å². The summed E-state index contributed by atoms with van der Waals surface area (Å²) < 4.78 is 0. The molecule has 0 saturated heterocycles. The molecule has 0 atom stereocenters. The lowest BCUT2D eigenvalue weighted by Gasteiger charge is -2.27. The Morgan fingerprint density at radius 1 is 1.32 bits per heavy atom. The summed E-state index contributed by atoms with van der Waals surface area (Å²) in [4.78, 5) is 30.3. The maximum atomic E-state index is 12.5. The van der Waals surface area contributed by atoms with E-state index in [1.165, 1.54) is 5.57 Å². The number of thioether (sulfide) groups is 1. The van der Waals surface area contributed by atoms with Gasteiger partial charge in [0.1, 0.15) is 0 Å². The highest BCUT2D eigenvalue weighted by atomic mass is 32.2. The number of rotatable bonds is 6. The Hall–Kier alpha value is -1.07. The van der Waals surface area contributed by atoms with Gasteiger partial charge in [-0.2, -0.15) is 11.8 Å². The molecule has 0 spiro atoms. The quantitative estimate of drug-likeness (QED) is 0.352. The smallest absolute Gasteiger partial charge is 0.168 e. The zero-order valence-electron chi connectivity index (χ0n) is 13.4. The molecule has 2 rings (SSSR count). The molecule has 0 aromatic carbocycles. The van der Waals surface area contributed by atoms with E-state index in [2.05, 4.69) is 11.6 Å². The largest absolute Gasteiger partial charge is 0.294 e. The summed E-state index contributed by atoms with van der Waals surface area (Å²) in [6.07, 6.45) is 5.71. The van der Waals surface area contributed by atoms with Crippen LogP contribution in [0.15, 0.2) is 22.9 Å². The first-order chi connectivity index (χ1) is 10.7. The van der Waals surface area contributed by atoms with Crippen LogP contribution in [0.3, 0.4) is 0 Å². The van der Waals surface area contributed by atoms with Crippen molar-refractivity contribution < 1.29 is 14.4 Å². The van der Waals surface area contributed by atoms with Gasteiger partial charge in [0.2, 0.25) is 0 Å². The third-order valence-corrected chi connectivity index (χ3v) is 5.09. The molecule has 22 heavy (non-hydrogen) atoms. The zero-order valence-corrected chi connectivity index (χ0v) is 14.3. The second-order valence-corrected chi connectivity index (χ2v) is 6.82. The first kappa shape index (κ1) is 17.3. The van der Waals surface area contributed by atoms with E-state index < -0.39 is 0 Å². The van der Waals surface area contributed by atoms with Crippen LogP contribution in [0.2, 0.25) is 0 Å². The van der Waals surface area contributed by atoms with Gasteiger partial charge < -0.3 is 0 Å². The number of carbonyl (C=O) groups excluding carboxylic acids is 2. The van der Waals surface area contributed by atoms with Crippen LogP contribution in [0.5, 0.6) is 0 Å². The van der Waals surface area contributed by atoms with Crippen LogP contribution in [0.1, 0.15) is 46.0 Å². The molecule has 1 heterocycles. The number of hydrogen-bond donors (Lipinski definition) is 1. The average Bonchev–Trinajstić information content (AvgIpc) is 2.52. The van der Waals surface area contributed by atoms with E-state index in [1.54, 1.807) is 0 Å². The van der Waals surface area contributed by atoms with Gasteiger partial charge in [0.25, 0.3) is 0 Å². The van der Waals surface area contributed by atoms with E-state index in [0.717, 1.165) is 24.3 Å². The zero-order chi connectivity index (χ0) is 15.9. The van der Waals surface area contributed by atoms with Crippen molar-refractivity contribution in [3.63, 3.8) is 0 Å². The average molecular weight is 323 g/mol. The second kappa shape index (κ2) is 8.53. The van der Waals surface area contributed by atoms with Crippen molar-refractivity contribution >= 4 is 23.3 Å². The third kappa shape index (κ3) is 4.23. The summed E-state index contributed by atoms with van der Waals surface area (Å²) in [5.41, 5.74) is 5.10. The number of allylic oxidation sites excluding steroid dienone is 3. The minimum atomic E-state index is -0.0339. The van der Waals surface area contributed by atoms with Gasteiger partial charge in [-0.1, -0.05) is 25.0 Å². The molecule has 0 amide bonds. The van der Waals surface area contributed by atoms with Crippen LogP contribution in [0, 0.1) is 5.92 Å². The minimum Gasteiger partial charge on any atom is -0.294 e. The number of nitrogens with one attached hydrogen (secondary N) is 1. The molecule has 122 valence electrons. The fraction of sp³-hybridized carbons (Fsp3) is 0.647. The van der Waals surface area contributed by atoms with E-state index in [0.29, 0.717) is 37.1 Å². The molecule has 5 heteroatoms. The van der Waals surface area contributed by atoms with E-state index in [9.17, 15) is 9.59 Å². The standard InChI is InChI=1S/C17H25NO3S/c1-3-6-14(18-21-4-2)17-15(19)9-13(10-16(17)20)12-7-5-8-22-11-12/h7,13,18H,3-6,8-11H2,1-2H3. The highest BCUT2D eigenvalue weighted by Gasteiger charge is 2.34. The summed E-state index contributed by atoms with van der Waals surface area (Å²) in [7, 11) is 0. The van der Waals surface area contributed by atoms with Crippen molar-refractivity contribution in [3.05, 3.63) is 22.9 Å². The fourth-order valence-corrected chi connectivity index (χ4v) is 3.99. The second-order valence-electron chi connectivity index (χ2n) is 5.71. The van der Waals surface area contributed by atoms with Gasteiger partial charge in [-0.3, -0.25) is 19.9 Å². The number of hydrogen-bond acceptors (Lipinski definition) is 5. The normalized spacial score (nSPS) is 22.5.